The molecule has 5 nitrogen and oxygen atoms in total. The zero-order valence-corrected chi connectivity index (χ0v) is 51.0. The van der Waals surface area contributed by atoms with Crippen molar-refractivity contribution in [1.29, 1.82) is 0 Å². The monoisotopic (exact) mass is 1060 g/mol. The van der Waals surface area contributed by atoms with Crippen LogP contribution in [0.15, 0.2) is 60.8 Å². The number of carbonyl (C=O) groups is 2. The van der Waals surface area contributed by atoms with Gasteiger partial charge in [-0.25, -0.2) is 0 Å². The van der Waals surface area contributed by atoms with Gasteiger partial charge in [0.1, 0.15) is 6.61 Å². The van der Waals surface area contributed by atoms with E-state index in [0.29, 0.717) is 12.8 Å². The topological polar surface area (TPSA) is 72.8 Å². The van der Waals surface area contributed by atoms with Crippen molar-refractivity contribution in [3.63, 3.8) is 0 Å². The minimum Gasteiger partial charge on any atom is -0.462 e. The number of allylic oxidation sites excluding steroid dienone is 10. The van der Waals surface area contributed by atoms with E-state index in [1.807, 2.05) is 0 Å². The van der Waals surface area contributed by atoms with Crippen LogP contribution < -0.4 is 0 Å². The molecule has 0 spiro atoms. The first-order valence-electron chi connectivity index (χ1n) is 33.8. The zero-order valence-electron chi connectivity index (χ0n) is 51.0. The maximum Gasteiger partial charge on any atom is 0.306 e. The second-order valence-electron chi connectivity index (χ2n) is 22.9. The second-order valence-corrected chi connectivity index (χ2v) is 22.9. The molecule has 1 N–H and O–H groups in total. The van der Waals surface area contributed by atoms with Gasteiger partial charge in [0.2, 0.25) is 0 Å². The summed E-state index contributed by atoms with van der Waals surface area (Å²) in [5, 5.41) is 9.70. The maximum atomic E-state index is 12.4. The molecule has 5 heteroatoms. The van der Waals surface area contributed by atoms with Crippen LogP contribution in [0.1, 0.15) is 361 Å². The normalized spacial score (nSPS) is 12.5. The molecule has 0 aliphatic rings. The largest absolute Gasteiger partial charge is 0.462 e. The van der Waals surface area contributed by atoms with E-state index < -0.39 is 6.10 Å². The predicted octanol–water partition coefficient (Wildman–Crippen LogP) is 23.3. The molecule has 0 saturated carbocycles. The van der Waals surface area contributed by atoms with E-state index in [2.05, 4.69) is 74.6 Å². The number of esters is 2. The molecule has 0 aromatic rings. The lowest BCUT2D eigenvalue weighted by atomic mass is 10.0. The summed E-state index contributed by atoms with van der Waals surface area (Å²) in [6.45, 7) is 4.08. The Morgan fingerprint density at radius 2 is 0.566 bits per heavy atom. The Bertz CT molecular complexity index is 1300. The van der Waals surface area contributed by atoms with Gasteiger partial charge < -0.3 is 14.6 Å². The van der Waals surface area contributed by atoms with E-state index in [9.17, 15) is 14.7 Å². The van der Waals surface area contributed by atoms with Crippen molar-refractivity contribution in [2.24, 2.45) is 0 Å². The van der Waals surface area contributed by atoms with Gasteiger partial charge in [0.05, 0.1) is 6.61 Å². The van der Waals surface area contributed by atoms with Gasteiger partial charge >= 0.3 is 11.9 Å². The zero-order chi connectivity index (χ0) is 54.8. The Labute approximate surface area is 474 Å². The molecule has 1 unspecified atom stereocenters. The first-order chi connectivity index (χ1) is 37.6. The highest BCUT2D eigenvalue weighted by Crippen LogP contribution is 2.19. The van der Waals surface area contributed by atoms with E-state index in [-0.39, 0.29) is 25.2 Å². The maximum absolute atomic E-state index is 12.4. The quantitative estimate of drug-likeness (QED) is 0.0373. The van der Waals surface area contributed by atoms with E-state index >= 15 is 0 Å². The van der Waals surface area contributed by atoms with Crippen LogP contribution in [0.25, 0.3) is 0 Å². The Kier molecular flexibility index (Phi) is 64.8. The molecule has 0 aromatic carbocycles. The van der Waals surface area contributed by atoms with Gasteiger partial charge in [0.25, 0.3) is 0 Å². The van der Waals surface area contributed by atoms with Crippen molar-refractivity contribution in [2.75, 3.05) is 13.2 Å². The number of aliphatic hydroxyl groups excluding tert-OH is 1. The number of hydrogen-bond donors (Lipinski definition) is 1. The average Bonchev–Trinajstić information content (AvgIpc) is 3.42. The fraction of sp³-hybridized carbons (Fsp3) is 0.831. The van der Waals surface area contributed by atoms with Gasteiger partial charge in [-0.1, -0.05) is 351 Å². The molecule has 0 heterocycles. The van der Waals surface area contributed by atoms with Crippen molar-refractivity contribution in [2.45, 2.75) is 367 Å². The number of aliphatic hydroxyl groups is 1. The molecule has 0 bridgehead atoms. The van der Waals surface area contributed by atoms with Crippen molar-refractivity contribution in [1.82, 2.24) is 0 Å². The summed E-state index contributed by atoms with van der Waals surface area (Å²) < 4.78 is 10.8. The lowest BCUT2D eigenvalue weighted by Gasteiger charge is -2.15. The Morgan fingerprint density at radius 3 is 0.855 bits per heavy atom. The molecule has 0 radical (unpaired) electrons. The minimum atomic E-state index is -0.771. The van der Waals surface area contributed by atoms with Crippen LogP contribution in [0.5, 0.6) is 0 Å². The summed E-state index contributed by atoms with van der Waals surface area (Å²) in [6, 6.07) is 0. The van der Waals surface area contributed by atoms with Gasteiger partial charge in [-0.2, -0.15) is 0 Å². The standard InChI is InChI=1S/C71H130O5/c1-3-5-7-9-11-13-15-17-19-21-23-25-27-29-31-32-33-34-35-36-37-38-40-42-44-46-48-50-52-54-56-58-60-62-64-66-71(74)76-69(67-72)68-75-70(73)65-63-61-59-57-55-53-51-49-47-45-43-41-39-30-28-26-24-22-20-18-16-14-12-10-8-6-4-2/h5,7,11,13,17,19,23,25,29,31,69,72H,3-4,6,8-10,12,14-16,18,20-22,24,26-28,30,32-68H2,1-2H3/b7-5-,13-11-,19-17-,25-23-,31-29-. The Hall–Kier alpha value is -2.40. The summed E-state index contributed by atoms with van der Waals surface area (Å²) in [6.07, 6.45) is 91.1. The Morgan fingerprint density at radius 1 is 0.316 bits per heavy atom. The third-order valence-electron chi connectivity index (χ3n) is 15.3. The molecule has 0 amide bonds. The van der Waals surface area contributed by atoms with E-state index in [1.165, 1.54) is 270 Å². The molecule has 0 aliphatic heterocycles. The highest BCUT2D eigenvalue weighted by Gasteiger charge is 2.16. The van der Waals surface area contributed by atoms with Gasteiger partial charge in [-0.05, 0) is 57.8 Å². The lowest BCUT2D eigenvalue weighted by Crippen LogP contribution is -2.28. The molecule has 444 valence electrons. The molecule has 76 heavy (non-hydrogen) atoms. The van der Waals surface area contributed by atoms with Gasteiger partial charge in [0.15, 0.2) is 6.10 Å². The Balaban J connectivity index is 3.41. The molecular formula is C71H130O5. The first-order valence-corrected chi connectivity index (χ1v) is 33.8. The van der Waals surface area contributed by atoms with Crippen molar-refractivity contribution in [3.8, 4) is 0 Å². The number of ether oxygens (including phenoxy) is 2. The van der Waals surface area contributed by atoms with Crippen LogP contribution in [0.4, 0.5) is 0 Å². The van der Waals surface area contributed by atoms with Crippen molar-refractivity contribution >= 4 is 11.9 Å². The third kappa shape index (κ3) is 64.1. The molecular weight excluding hydrogens is 933 g/mol. The van der Waals surface area contributed by atoms with E-state index in [1.54, 1.807) is 0 Å². The highest BCUT2D eigenvalue weighted by atomic mass is 16.6. The summed E-state index contributed by atoms with van der Waals surface area (Å²) in [4.78, 5) is 24.6. The summed E-state index contributed by atoms with van der Waals surface area (Å²) in [7, 11) is 0. The minimum absolute atomic E-state index is 0.0603. The van der Waals surface area contributed by atoms with E-state index in [4.69, 9.17) is 9.47 Å². The summed E-state index contributed by atoms with van der Waals surface area (Å²) >= 11 is 0. The van der Waals surface area contributed by atoms with Crippen molar-refractivity contribution in [3.05, 3.63) is 60.8 Å². The molecule has 1 atom stereocenters. The third-order valence-corrected chi connectivity index (χ3v) is 15.3. The van der Waals surface area contributed by atoms with Gasteiger partial charge in [-0.3, -0.25) is 9.59 Å². The smallest absolute Gasteiger partial charge is 0.306 e. The number of unbranched alkanes of at least 4 members (excludes halogenated alkanes) is 45. The van der Waals surface area contributed by atoms with Crippen LogP contribution >= 0.6 is 0 Å². The summed E-state index contributed by atoms with van der Waals surface area (Å²) in [5.41, 5.74) is 0. The number of rotatable bonds is 63. The molecule has 0 aliphatic carbocycles. The molecule has 0 rings (SSSR count). The fourth-order valence-electron chi connectivity index (χ4n) is 10.3. The van der Waals surface area contributed by atoms with Gasteiger partial charge in [-0.15, -0.1) is 0 Å². The average molecular weight is 1060 g/mol. The SMILES string of the molecule is CC/C=C\C/C=C\C/C=C\C/C=C\C/C=C\CCCCCCCCCCCCCCCCCCCCCC(=O)OC(CO)COC(=O)CCCCCCCCCCCCCCCCCCCCCCCCCCCCC. The van der Waals surface area contributed by atoms with Gasteiger partial charge in [0, 0.05) is 12.8 Å². The number of hydrogen-bond acceptors (Lipinski definition) is 5. The van der Waals surface area contributed by atoms with E-state index in [0.717, 1.165) is 64.2 Å². The van der Waals surface area contributed by atoms with Crippen LogP contribution in [0.3, 0.4) is 0 Å². The predicted molar refractivity (Wildman–Crippen MR) is 334 cm³/mol. The summed E-state index contributed by atoms with van der Waals surface area (Å²) in [5.74, 6) is -0.568. The number of carbonyl (C=O) groups excluding carboxylic acids is 2. The fourth-order valence-corrected chi connectivity index (χ4v) is 10.3. The first kappa shape index (κ1) is 73.6. The van der Waals surface area contributed by atoms with Crippen LogP contribution in [-0.4, -0.2) is 36.4 Å². The highest BCUT2D eigenvalue weighted by molar-refractivity contribution is 5.70. The molecule has 0 aromatic heterocycles. The second kappa shape index (κ2) is 66.9. The van der Waals surface area contributed by atoms with Crippen LogP contribution in [0, 0.1) is 0 Å². The molecule has 0 fully saturated rings. The van der Waals surface area contributed by atoms with Crippen LogP contribution in [-0.2, 0) is 19.1 Å². The molecule has 0 saturated heterocycles. The van der Waals surface area contributed by atoms with Crippen molar-refractivity contribution < 1.29 is 24.2 Å². The lowest BCUT2D eigenvalue weighted by molar-refractivity contribution is -0.161. The van der Waals surface area contributed by atoms with Crippen LogP contribution in [0.2, 0.25) is 0 Å².